The Balaban J connectivity index is 1.20. The molecule has 0 saturated heterocycles. The molecule has 1 amide bonds. The van der Waals surface area contributed by atoms with E-state index in [4.69, 9.17) is 26.1 Å². The predicted molar refractivity (Wildman–Crippen MR) is 156 cm³/mol. The summed E-state index contributed by atoms with van der Waals surface area (Å²) in [6, 6.07) is 27.0. The number of aromatic nitrogens is 1. The maximum atomic E-state index is 12.5. The number of benzene rings is 4. The van der Waals surface area contributed by atoms with Crippen molar-refractivity contribution in [3.8, 4) is 22.1 Å². The zero-order valence-electron chi connectivity index (χ0n) is 20.9. The molecule has 0 spiro atoms. The quantitative estimate of drug-likeness (QED) is 0.202. The number of methoxy groups -OCH3 is 1. The van der Waals surface area contributed by atoms with Crippen LogP contribution >= 0.6 is 22.9 Å². The molecule has 4 aromatic carbocycles. The van der Waals surface area contributed by atoms with Crippen LogP contribution < -0.4 is 14.8 Å². The van der Waals surface area contributed by atoms with Crippen molar-refractivity contribution in [2.24, 2.45) is 0 Å². The predicted octanol–water partition coefficient (Wildman–Crippen LogP) is 8.16. The molecule has 190 valence electrons. The van der Waals surface area contributed by atoms with Crippen LogP contribution in [-0.4, -0.2) is 18.0 Å². The van der Waals surface area contributed by atoms with Crippen LogP contribution in [0.3, 0.4) is 0 Å². The Morgan fingerprint density at radius 2 is 1.76 bits per heavy atom. The monoisotopic (exact) mass is 540 g/mol. The number of carbonyl (C=O) groups is 1. The van der Waals surface area contributed by atoms with Crippen LogP contribution in [0.15, 0.2) is 91.0 Å². The molecule has 0 atom stereocenters. The zero-order valence-corrected chi connectivity index (χ0v) is 22.5. The van der Waals surface area contributed by atoms with E-state index in [0.717, 1.165) is 27.2 Å². The molecule has 0 aliphatic carbocycles. The van der Waals surface area contributed by atoms with Gasteiger partial charge in [-0.2, -0.15) is 0 Å². The van der Waals surface area contributed by atoms with E-state index in [1.54, 1.807) is 24.5 Å². The Labute approximate surface area is 230 Å². The van der Waals surface area contributed by atoms with Gasteiger partial charge in [-0.25, -0.2) is 4.98 Å². The molecule has 5 nitrogen and oxygen atoms in total. The van der Waals surface area contributed by atoms with Crippen LogP contribution in [0.1, 0.15) is 16.7 Å². The number of nitrogens with zero attached hydrogens (tertiary/aromatic N) is 1. The molecule has 0 aliphatic rings. The van der Waals surface area contributed by atoms with Gasteiger partial charge in [0.2, 0.25) is 5.91 Å². The first-order valence-electron chi connectivity index (χ1n) is 12.0. The first-order chi connectivity index (χ1) is 18.5. The molecule has 0 bridgehead atoms. The Kier molecular flexibility index (Phi) is 7.73. The lowest BCUT2D eigenvalue weighted by Gasteiger charge is -2.11. The first-order valence-corrected chi connectivity index (χ1v) is 13.2. The van der Waals surface area contributed by atoms with Gasteiger partial charge in [-0.05, 0) is 90.4 Å². The van der Waals surface area contributed by atoms with Crippen LogP contribution in [0.25, 0.3) is 26.9 Å². The molecule has 0 aliphatic heterocycles. The van der Waals surface area contributed by atoms with Gasteiger partial charge in [-0.1, -0.05) is 35.9 Å². The van der Waals surface area contributed by atoms with Crippen molar-refractivity contribution in [1.82, 2.24) is 4.98 Å². The minimum Gasteiger partial charge on any atom is -0.493 e. The molecule has 1 aromatic heterocycles. The molecule has 0 unspecified atom stereocenters. The molecule has 0 fully saturated rings. The van der Waals surface area contributed by atoms with Gasteiger partial charge >= 0.3 is 0 Å². The van der Waals surface area contributed by atoms with Crippen molar-refractivity contribution in [3.63, 3.8) is 0 Å². The minimum absolute atomic E-state index is 0.227. The number of anilines is 1. The third-order valence-corrected chi connectivity index (χ3v) is 7.18. The minimum atomic E-state index is -0.227. The van der Waals surface area contributed by atoms with Crippen LogP contribution in [0, 0.1) is 6.92 Å². The van der Waals surface area contributed by atoms with Gasteiger partial charge in [0.15, 0.2) is 11.5 Å². The number of nitrogens with one attached hydrogen (secondary N) is 1. The lowest BCUT2D eigenvalue weighted by molar-refractivity contribution is -0.111. The van der Waals surface area contributed by atoms with Crippen LogP contribution in [-0.2, 0) is 11.4 Å². The van der Waals surface area contributed by atoms with E-state index in [0.29, 0.717) is 28.8 Å². The standard InChI is InChI=1S/C31H25ClN2O3S/c1-20-3-14-26-29(17-20)38-31(34-26)23-8-12-25(13-9-23)33-30(35)16-7-21-6-15-27(28(18-21)36-2)37-19-22-4-10-24(32)11-5-22/h3-18H,19H2,1-2H3,(H,33,35)/b16-7+. The van der Waals surface area contributed by atoms with Gasteiger partial charge in [0.1, 0.15) is 11.6 Å². The molecule has 38 heavy (non-hydrogen) atoms. The molecular formula is C31H25ClN2O3S. The van der Waals surface area contributed by atoms with Gasteiger partial charge in [0, 0.05) is 22.3 Å². The number of ether oxygens (including phenoxy) is 2. The fourth-order valence-corrected chi connectivity index (χ4v) is 5.05. The molecule has 5 rings (SSSR count). The van der Waals surface area contributed by atoms with Crippen molar-refractivity contribution in [3.05, 3.63) is 113 Å². The second-order valence-corrected chi connectivity index (χ2v) is 10.2. The van der Waals surface area contributed by atoms with Crippen molar-refractivity contribution in [2.75, 3.05) is 12.4 Å². The van der Waals surface area contributed by atoms with Crippen LogP contribution in [0.5, 0.6) is 11.5 Å². The normalized spacial score (nSPS) is 11.1. The molecule has 1 N–H and O–H groups in total. The van der Waals surface area contributed by atoms with E-state index in [1.165, 1.54) is 16.3 Å². The lowest BCUT2D eigenvalue weighted by Crippen LogP contribution is -2.07. The number of carbonyl (C=O) groups excluding carboxylic acids is 1. The average molecular weight is 541 g/mol. The topological polar surface area (TPSA) is 60.5 Å². The summed E-state index contributed by atoms with van der Waals surface area (Å²) in [5.74, 6) is 0.977. The van der Waals surface area contributed by atoms with Gasteiger partial charge in [-0.3, -0.25) is 4.79 Å². The molecule has 1 heterocycles. The highest BCUT2D eigenvalue weighted by Gasteiger charge is 2.08. The van der Waals surface area contributed by atoms with Gasteiger partial charge in [-0.15, -0.1) is 11.3 Å². The fourth-order valence-electron chi connectivity index (χ4n) is 3.86. The smallest absolute Gasteiger partial charge is 0.248 e. The summed E-state index contributed by atoms with van der Waals surface area (Å²) in [6.45, 7) is 2.47. The average Bonchev–Trinajstić information content (AvgIpc) is 3.35. The van der Waals surface area contributed by atoms with Crippen LogP contribution in [0.2, 0.25) is 5.02 Å². The summed E-state index contributed by atoms with van der Waals surface area (Å²) >= 11 is 7.60. The molecule has 5 aromatic rings. The maximum Gasteiger partial charge on any atom is 0.248 e. The Morgan fingerprint density at radius 1 is 0.974 bits per heavy atom. The lowest BCUT2D eigenvalue weighted by atomic mass is 10.1. The summed E-state index contributed by atoms with van der Waals surface area (Å²) < 4.78 is 12.6. The summed E-state index contributed by atoms with van der Waals surface area (Å²) in [6.07, 6.45) is 3.23. The number of rotatable bonds is 8. The molecule has 0 radical (unpaired) electrons. The van der Waals surface area contributed by atoms with E-state index in [1.807, 2.05) is 72.8 Å². The van der Waals surface area contributed by atoms with Gasteiger partial charge in [0.25, 0.3) is 0 Å². The van der Waals surface area contributed by atoms with Gasteiger partial charge < -0.3 is 14.8 Å². The van der Waals surface area contributed by atoms with Crippen LogP contribution in [0.4, 0.5) is 5.69 Å². The number of hydrogen-bond acceptors (Lipinski definition) is 5. The second kappa shape index (κ2) is 11.5. The van der Waals surface area contributed by atoms with Gasteiger partial charge in [0.05, 0.1) is 17.3 Å². The van der Waals surface area contributed by atoms with Crippen molar-refractivity contribution in [1.29, 1.82) is 0 Å². The highest BCUT2D eigenvalue weighted by molar-refractivity contribution is 7.21. The maximum absolute atomic E-state index is 12.5. The van der Waals surface area contributed by atoms with E-state index in [-0.39, 0.29) is 5.91 Å². The largest absolute Gasteiger partial charge is 0.493 e. The van der Waals surface area contributed by atoms with Crippen molar-refractivity contribution < 1.29 is 14.3 Å². The fraction of sp³-hybridized carbons (Fsp3) is 0.0968. The molecule has 0 saturated carbocycles. The third kappa shape index (κ3) is 6.22. The summed E-state index contributed by atoms with van der Waals surface area (Å²) in [7, 11) is 1.59. The van der Waals surface area contributed by atoms with E-state index >= 15 is 0 Å². The summed E-state index contributed by atoms with van der Waals surface area (Å²) in [5, 5.41) is 4.54. The number of halogens is 1. The summed E-state index contributed by atoms with van der Waals surface area (Å²) in [4.78, 5) is 17.2. The zero-order chi connectivity index (χ0) is 26.5. The number of hydrogen-bond donors (Lipinski definition) is 1. The highest BCUT2D eigenvalue weighted by Crippen LogP contribution is 2.32. The first kappa shape index (κ1) is 25.5. The van der Waals surface area contributed by atoms with E-state index in [9.17, 15) is 4.79 Å². The molecule has 7 heteroatoms. The number of fused-ring (bicyclic) bond motifs is 1. The van der Waals surface area contributed by atoms with Crippen molar-refractivity contribution >= 4 is 50.8 Å². The Morgan fingerprint density at radius 3 is 2.53 bits per heavy atom. The summed E-state index contributed by atoms with van der Waals surface area (Å²) in [5.41, 5.74) is 5.76. The highest BCUT2D eigenvalue weighted by atomic mass is 35.5. The number of aryl methyl sites for hydroxylation is 1. The molecular weight excluding hydrogens is 516 g/mol. The second-order valence-electron chi connectivity index (χ2n) is 8.72. The number of thiazole rings is 1. The third-order valence-electron chi connectivity index (χ3n) is 5.87. The Bertz CT molecular complexity index is 1610. The number of amides is 1. The van der Waals surface area contributed by atoms with Crippen molar-refractivity contribution in [2.45, 2.75) is 13.5 Å². The van der Waals surface area contributed by atoms with E-state index in [2.05, 4.69) is 24.4 Å². The van der Waals surface area contributed by atoms with E-state index < -0.39 is 0 Å². The SMILES string of the molecule is COc1cc(/C=C/C(=O)Nc2ccc(-c3nc4ccc(C)cc4s3)cc2)ccc1OCc1ccc(Cl)cc1. The Hall–Kier alpha value is -4.13.